The second kappa shape index (κ2) is 11.6. The summed E-state index contributed by atoms with van der Waals surface area (Å²) in [5, 5.41) is 4.47. The van der Waals surface area contributed by atoms with E-state index in [9.17, 15) is 0 Å². The van der Waals surface area contributed by atoms with Gasteiger partial charge in [0.1, 0.15) is 11.3 Å². The third kappa shape index (κ3) is 6.61. The van der Waals surface area contributed by atoms with Gasteiger partial charge in [-0.2, -0.15) is 0 Å². The highest BCUT2D eigenvalue weighted by molar-refractivity contribution is 5.84. The molecule has 0 unspecified atom stereocenters. The lowest BCUT2D eigenvalue weighted by atomic mass is 10.1. The van der Waals surface area contributed by atoms with Gasteiger partial charge in [0.25, 0.3) is 0 Å². The third-order valence-electron chi connectivity index (χ3n) is 5.19. The summed E-state index contributed by atoms with van der Waals surface area (Å²) in [5.41, 5.74) is 6.70. The van der Waals surface area contributed by atoms with E-state index < -0.39 is 0 Å². The predicted molar refractivity (Wildman–Crippen MR) is 137 cm³/mol. The molecule has 4 rings (SSSR count). The fraction of sp³-hybridized carbons (Fsp3) is 0.133. The van der Waals surface area contributed by atoms with Gasteiger partial charge in [-0.15, -0.1) is 0 Å². The number of benzene rings is 3. The van der Waals surface area contributed by atoms with Crippen LogP contribution in [0.15, 0.2) is 120 Å². The summed E-state index contributed by atoms with van der Waals surface area (Å²) >= 11 is 0. The van der Waals surface area contributed by atoms with Crippen molar-refractivity contribution < 1.29 is 4.42 Å². The Labute approximate surface area is 191 Å². The van der Waals surface area contributed by atoms with Crippen LogP contribution in [0.2, 0.25) is 0 Å². The van der Waals surface area contributed by atoms with Crippen LogP contribution in [0, 0.1) is 13.8 Å². The van der Waals surface area contributed by atoms with Gasteiger partial charge in [-0.25, -0.2) is 0 Å². The molecule has 32 heavy (non-hydrogen) atoms. The molecule has 0 fully saturated rings. The van der Waals surface area contributed by atoms with E-state index >= 15 is 0 Å². The van der Waals surface area contributed by atoms with Crippen molar-refractivity contribution in [3.05, 3.63) is 138 Å². The molecule has 4 aromatic rings. The smallest absolute Gasteiger partial charge is 0.135 e. The molecule has 0 amide bonds. The first-order valence-electron chi connectivity index (χ1n) is 10.9. The molecule has 0 atom stereocenters. The average molecular weight is 422 g/mol. The Balaban J connectivity index is 0.000000352. The van der Waals surface area contributed by atoms with Crippen molar-refractivity contribution in [2.24, 2.45) is 0 Å². The van der Waals surface area contributed by atoms with Gasteiger partial charge in [0.2, 0.25) is 0 Å². The molecule has 0 aliphatic heterocycles. The number of hydrogen-bond donors (Lipinski definition) is 1. The molecule has 162 valence electrons. The quantitative estimate of drug-likeness (QED) is 0.319. The van der Waals surface area contributed by atoms with Crippen molar-refractivity contribution in [1.82, 2.24) is 5.32 Å². The second-order valence-corrected chi connectivity index (χ2v) is 7.69. The lowest BCUT2D eigenvalue weighted by Gasteiger charge is -2.08. The molecule has 0 spiro atoms. The highest BCUT2D eigenvalue weighted by Gasteiger charge is 2.05. The lowest BCUT2D eigenvalue weighted by Crippen LogP contribution is -2.11. The molecule has 2 heteroatoms. The first-order valence-corrected chi connectivity index (χ1v) is 10.9. The predicted octanol–water partition coefficient (Wildman–Crippen LogP) is 8.00. The van der Waals surface area contributed by atoms with E-state index in [4.69, 9.17) is 4.42 Å². The Bertz CT molecular complexity index is 1180. The summed E-state index contributed by atoms with van der Waals surface area (Å²) in [4.78, 5) is 0. The van der Waals surface area contributed by atoms with Gasteiger partial charge >= 0.3 is 0 Å². The van der Waals surface area contributed by atoms with Crippen molar-refractivity contribution in [2.45, 2.75) is 27.3 Å². The van der Waals surface area contributed by atoms with E-state index in [1.165, 1.54) is 16.7 Å². The van der Waals surface area contributed by atoms with Crippen LogP contribution >= 0.6 is 0 Å². The summed E-state index contributed by atoms with van der Waals surface area (Å²) in [7, 11) is 0. The molecular weight excluding hydrogens is 390 g/mol. The fourth-order valence-corrected chi connectivity index (χ4v) is 3.25. The molecule has 1 aromatic heterocycles. The first-order chi connectivity index (χ1) is 15.6. The third-order valence-corrected chi connectivity index (χ3v) is 5.19. The SMILES string of the molecule is C=C(/C=C\C(=C/C)c1cc2ccccc2o1)NCc1ccccc1C.Cc1ccccc1. The normalized spacial score (nSPS) is 11.3. The van der Waals surface area contributed by atoms with Crippen LogP contribution < -0.4 is 5.32 Å². The van der Waals surface area contributed by atoms with E-state index in [-0.39, 0.29) is 0 Å². The van der Waals surface area contributed by atoms with Crippen LogP contribution in [0.3, 0.4) is 0 Å². The van der Waals surface area contributed by atoms with Gasteiger partial charge in [-0.3, -0.25) is 0 Å². The molecule has 0 aliphatic carbocycles. The van der Waals surface area contributed by atoms with Crippen LogP contribution in [-0.4, -0.2) is 0 Å². The molecule has 1 heterocycles. The highest BCUT2D eigenvalue weighted by atomic mass is 16.3. The standard InChI is InChI=1S/C23H23NO.C7H8/c1-4-19(23-15-20-10-7-8-12-22(20)25-23)14-13-18(3)24-16-21-11-6-5-9-17(21)2;1-7-5-3-2-4-6-7/h4-15,24H,3,16H2,1-2H3;2-6H,1H3/b14-13-,19-4+;. The molecule has 0 saturated heterocycles. The zero-order valence-corrected chi connectivity index (χ0v) is 19.1. The monoisotopic (exact) mass is 421 g/mol. The lowest BCUT2D eigenvalue weighted by molar-refractivity contribution is 0.601. The number of aryl methyl sites for hydroxylation is 2. The summed E-state index contributed by atoms with van der Waals surface area (Å²) < 4.78 is 5.93. The van der Waals surface area contributed by atoms with E-state index in [0.717, 1.165) is 34.5 Å². The summed E-state index contributed by atoms with van der Waals surface area (Å²) in [6.07, 6.45) is 6.06. The summed E-state index contributed by atoms with van der Waals surface area (Å²) in [5.74, 6) is 0.867. The molecule has 3 aromatic carbocycles. The topological polar surface area (TPSA) is 25.2 Å². The van der Waals surface area contributed by atoms with Crippen molar-refractivity contribution in [3.8, 4) is 0 Å². The van der Waals surface area contributed by atoms with Gasteiger partial charge in [0, 0.05) is 23.2 Å². The number of hydrogen-bond acceptors (Lipinski definition) is 2. The maximum absolute atomic E-state index is 5.93. The van der Waals surface area contributed by atoms with E-state index in [1.807, 2.05) is 61.5 Å². The van der Waals surface area contributed by atoms with Gasteiger partial charge in [0.05, 0.1) is 0 Å². The molecule has 1 N–H and O–H groups in total. The van der Waals surface area contributed by atoms with E-state index in [2.05, 4.69) is 74.3 Å². The number of para-hydroxylation sites is 1. The van der Waals surface area contributed by atoms with E-state index in [0.29, 0.717) is 0 Å². The Hall–Kier alpha value is -3.78. The summed E-state index contributed by atoms with van der Waals surface area (Å²) in [6, 6.07) is 28.7. The zero-order valence-electron chi connectivity index (χ0n) is 19.1. The maximum Gasteiger partial charge on any atom is 0.135 e. The zero-order chi connectivity index (χ0) is 22.8. The van der Waals surface area contributed by atoms with Crippen LogP contribution in [0.5, 0.6) is 0 Å². The van der Waals surface area contributed by atoms with Crippen LogP contribution in [-0.2, 0) is 6.54 Å². The van der Waals surface area contributed by atoms with Gasteiger partial charge in [0.15, 0.2) is 0 Å². The van der Waals surface area contributed by atoms with Crippen molar-refractivity contribution in [1.29, 1.82) is 0 Å². The van der Waals surface area contributed by atoms with Crippen LogP contribution in [0.25, 0.3) is 16.5 Å². The number of fused-ring (bicyclic) bond motifs is 1. The Morgan fingerprint density at radius 3 is 2.22 bits per heavy atom. The minimum absolute atomic E-state index is 0.770. The van der Waals surface area contributed by atoms with Crippen LogP contribution in [0.4, 0.5) is 0 Å². The number of nitrogens with one attached hydrogen (secondary N) is 1. The van der Waals surface area contributed by atoms with Crippen LogP contribution in [0.1, 0.15) is 29.4 Å². The van der Waals surface area contributed by atoms with Gasteiger partial charge < -0.3 is 9.73 Å². The minimum Gasteiger partial charge on any atom is -0.456 e. The Morgan fingerprint density at radius 1 is 0.875 bits per heavy atom. The molecule has 0 radical (unpaired) electrons. The van der Waals surface area contributed by atoms with Crippen molar-refractivity contribution >= 4 is 16.5 Å². The highest BCUT2D eigenvalue weighted by Crippen LogP contribution is 2.25. The Kier molecular flexibility index (Phi) is 8.28. The maximum atomic E-state index is 5.93. The molecule has 0 saturated carbocycles. The average Bonchev–Trinajstić information content (AvgIpc) is 3.24. The molecule has 0 bridgehead atoms. The number of rotatable bonds is 6. The summed E-state index contributed by atoms with van der Waals surface area (Å²) in [6.45, 7) is 11.1. The van der Waals surface area contributed by atoms with E-state index in [1.54, 1.807) is 0 Å². The van der Waals surface area contributed by atoms with Crippen molar-refractivity contribution in [3.63, 3.8) is 0 Å². The first kappa shape index (κ1) is 22.9. The molecular formula is C30H31NO. The number of furan rings is 1. The van der Waals surface area contributed by atoms with Crippen molar-refractivity contribution in [2.75, 3.05) is 0 Å². The van der Waals surface area contributed by atoms with Gasteiger partial charge in [-0.1, -0.05) is 91.0 Å². The second-order valence-electron chi connectivity index (χ2n) is 7.69. The van der Waals surface area contributed by atoms with Gasteiger partial charge in [-0.05, 0) is 56.2 Å². The molecule has 0 aliphatic rings. The Morgan fingerprint density at radius 2 is 1.56 bits per heavy atom. The fourth-order valence-electron chi connectivity index (χ4n) is 3.25. The molecule has 2 nitrogen and oxygen atoms in total. The minimum atomic E-state index is 0.770. The largest absolute Gasteiger partial charge is 0.456 e. The number of allylic oxidation sites excluding steroid dienone is 4.